The van der Waals surface area contributed by atoms with E-state index in [2.05, 4.69) is 118 Å². The molecule has 1 rings (SSSR count). The highest BCUT2D eigenvalue weighted by molar-refractivity contribution is 5.74. The summed E-state index contributed by atoms with van der Waals surface area (Å²) < 4.78 is 28.2. The molecule has 0 radical (unpaired) electrons. The summed E-state index contributed by atoms with van der Waals surface area (Å²) in [5.41, 5.74) is 0. The van der Waals surface area contributed by atoms with Gasteiger partial charge in [0.15, 0.2) is 24.6 Å². The molecule has 1 aliphatic rings. The summed E-state index contributed by atoms with van der Waals surface area (Å²) in [6, 6.07) is 0. The van der Waals surface area contributed by atoms with Crippen LogP contribution in [-0.4, -0.2) is 89.2 Å². The molecule has 0 aliphatic carbocycles. The van der Waals surface area contributed by atoms with Crippen molar-refractivity contribution >= 4 is 23.9 Å². The van der Waals surface area contributed by atoms with Gasteiger partial charge >= 0.3 is 23.9 Å². The zero-order chi connectivity index (χ0) is 53.3. The Hall–Kier alpha value is -4.62. The van der Waals surface area contributed by atoms with Crippen molar-refractivity contribution in [1.82, 2.24) is 0 Å². The number of aliphatic carboxylic acids is 1. The fourth-order valence-electron chi connectivity index (χ4n) is 7.64. The average molecular weight is 1020 g/mol. The second-order valence-corrected chi connectivity index (χ2v) is 18.5. The zero-order valence-electron chi connectivity index (χ0n) is 45.1. The molecule has 0 amide bonds. The van der Waals surface area contributed by atoms with Crippen LogP contribution >= 0.6 is 0 Å². The number of aliphatic hydroxyl groups is 2. The Morgan fingerprint density at radius 2 is 0.890 bits per heavy atom. The fraction of sp³-hybridized carbons (Fsp3) is 0.639. The maximum atomic E-state index is 13.0. The molecule has 0 bridgehead atoms. The summed E-state index contributed by atoms with van der Waals surface area (Å²) in [4.78, 5) is 50.9. The zero-order valence-corrected chi connectivity index (χ0v) is 45.1. The molecule has 0 aromatic rings. The van der Waals surface area contributed by atoms with Crippen molar-refractivity contribution < 1.29 is 58.2 Å². The van der Waals surface area contributed by atoms with E-state index >= 15 is 0 Å². The number of carbonyl (C=O) groups is 4. The molecule has 12 heteroatoms. The minimum atomic E-state index is -1.92. The molecule has 0 spiro atoms. The van der Waals surface area contributed by atoms with Gasteiger partial charge in [-0.15, -0.1) is 0 Å². The lowest BCUT2D eigenvalue weighted by atomic mass is 9.98. The molecule has 6 atom stereocenters. The highest BCUT2D eigenvalue weighted by Gasteiger charge is 2.50. The number of carboxylic acid groups (broad SMARTS) is 1. The van der Waals surface area contributed by atoms with E-state index in [-0.39, 0.29) is 25.9 Å². The molecule has 1 aliphatic heterocycles. The number of hydrogen-bond donors (Lipinski definition) is 3. The number of ether oxygens (including phenoxy) is 5. The number of allylic oxidation sites excluding steroid dienone is 18. The van der Waals surface area contributed by atoms with E-state index in [0.717, 1.165) is 109 Å². The van der Waals surface area contributed by atoms with Gasteiger partial charge in [-0.1, -0.05) is 201 Å². The lowest BCUT2D eigenvalue weighted by Gasteiger charge is -2.40. The number of hydrogen-bond acceptors (Lipinski definition) is 11. The number of carbonyl (C=O) groups excluding carboxylic acids is 3. The van der Waals surface area contributed by atoms with Crippen molar-refractivity contribution in [2.45, 2.75) is 237 Å². The van der Waals surface area contributed by atoms with Crippen molar-refractivity contribution in [3.63, 3.8) is 0 Å². The predicted octanol–water partition coefficient (Wildman–Crippen LogP) is 13.9. The van der Waals surface area contributed by atoms with Crippen molar-refractivity contribution in [2.75, 3.05) is 13.2 Å². The topological polar surface area (TPSA) is 175 Å². The summed E-state index contributed by atoms with van der Waals surface area (Å²) in [6.07, 6.45) is 52.3. The highest BCUT2D eigenvalue weighted by atomic mass is 16.7. The average Bonchev–Trinajstić information content (AvgIpc) is 3.37. The van der Waals surface area contributed by atoms with E-state index in [1.165, 1.54) is 32.1 Å². The van der Waals surface area contributed by atoms with Crippen LogP contribution < -0.4 is 0 Å². The highest BCUT2D eigenvalue weighted by Crippen LogP contribution is 2.26. The molecule has 6 unspecified atom stereocenters. The third-order valence-corrected chi connectivity index (χ3v) is 11.9. The number of esters is 3. The summed E-state index contributed by atoms with van der Waals surface area (Å²) in [6.45, 7) is 5.64. The third kappa shape index (κ3) is 38.6. The van der Waals surface area contributed by atoms with Gasteiger partial charge in [0.25, 0.3) is 0 Å². The van der Waals surface area contributed by atoms with Gasteiger partial charge in [-0.25, -0.2) is 4.79 Å². The molecule has 73 heavy (non-hydrogen) atoms. The van der Waals surface area contributed by atoms with E-state index in [1.807, 2.05) is 12.2 Å². The van der Waals surface area contributed by atoms with Crippen LogP contribution in [0.3, 0.4) is 0 Å². The lowest BCUT2D eigenvalue weighted by molar-refractivity contribution is -0.301. The Kier molecular flexibility index (Phi) is 44.0. The molecule has 412 valence electrons. The molecule has 3 N–H and O–H groups in total. The van der Waals surface area contributed by atoms with Crippen LogP contribution in [0.15, 0.2) is 109 Å². The van der Waals surface area contributed by atoms with Gasteiger partial charge in [0.05, 0.1) is 6.61 Å². The summed E-state index contributed by atoms with van der Waals surface area (Å²) in [7, 11) is 0. The molecule has 1 heterocycles. The van der Waals surface area contributed by atoms with Gasteiger partial charge in [-0.3, -0.25) is 14.4 Å². The van der Waals surface area contributed by atoms with E-state index in [4.69, 9.17) is 23.7 Å². The minimum absolute atomic E-state index is 0.0295. The molecule has 12 nitrogen and oxygen atoms in total. The number of unbranched alkanes of at least 4 members (excludes halogenated alkanes) is 13. The maximum Gasteiger partial charge on any atom is 0.335 e. The van der Waals surface area contributed by atoms with Crippen molar-refractivity contribution in [3.8, 4) is 0 Å². The first-order chi connectivity index (χ1) is 35.6. The van der Waals surface area contributed by atoms with Gasteiger partial charge in [0, 0.05) is 19.3 Å². The molecule has 0 saturated carbocycles. The van der Waals surface area contributed by atoms with Crippen LogP contribution in [0.2, 0.25) is 0 Å². The van der Waals surface area contributed by atoms with Crippen LogP contribution in [0.5, 0.6) is 0 Å². The first-order valence-corrected chi connectivity index (χ1v) is 27.9. The first-order valence-electron chi connectivity index (χ1n) is 27.9. The van der Waals surface area contributed by atoms with Gasteiger partial charge in [0.1, 0.15) is 18.8 Å². The Morgan fingerprint density at radius 3 is 1.37 bits per heavy atom. The van der Waals surface area contributed by atoms with Crippen LogP contribution in [0, 0.1) is 0 Å². The number of carboxylic acids is 1. The standard InChI is InChI=1S/C61H96O12/c1-4-7-10-13-16-19-21-23-25-26-27-28-30-31-33-36-38-41-44-47-53(62)69-50-52(71-54(63)48-45-42-39-35-18-15-12-9-6-3)51-70-61-59(57(66)56(65)58(73-61)60(67)68)72-55(64)49-46-43-40-37-34-32-29-24-22-20-17-14-11-8-5-2/h7-8,10-11,16-17,19-20,23-25,27-29,31,33,38,41,52,56-59,61,65-66H,4-6,9,12-15,18,21-22,26,30,32,34-37,39-40,42-51H2,1-3H3,(H,67,68)/b10-7-,11-8-,19-16-,20-17-,25-23-,28-27-,29-24-,33-31-,41-38-. The van der Waals surface area contributed by atoms with Gasteiger partial charge in [0.2, 0.25) is 0 Å². The monoisotopic (exact) mass is 1020 g/mol. The van der Waals surface area contributed by atoms with E-state index in [0.29, 0.717) is 19.3 Å². The van der Waals surface area contributed by atoms with Crippen molar-refractivity contribution in [1.29, 1.82) is 0 Å². The quantitative estimate of drug-likeness (QED) is 0.0228. The summed E-state index contributed by atoms with van der Waals surface area (Å²) >= 11 is 0. The van der Waals surface area contributed by atoms with E-state index < -0.39 is 67.3 Å². The largest absolute Gasteiger partial charge is 0.479 e. The van der Waals surface area contributed by atoms with Crippen LogP contribution in [-0.2, 0) is 42.9 Å². The first kappa shape index (κ1) is 66.4. The van der Waals surface area contributed by atoms with Crippen molar-refractivity contribution in [2.24, 2.45) is 0 Å². The Morgan fingerprint density at radius 1 is 0.466 bits per heavy atom. The molecular formula is C61H96O12. The lowest BCUT2D eigenvalue weighted by Crippen LogP contribution is -2.61. The van der Waals surface area contributed by atoms with Crippen LogP contribution in [0.4, 0.5) is 0 Å². The van der Waals surface area contributed by atoms with E-state index in [9.17, 15) is 34.5 Å². The molecule has 1 fully saturated rings. The van der Waals surface area contributed by atoms with Crippen LogP contribution in [0.25, 0.3) is 0 Å². The molecular weight excluding hydrogens is 925 g/mol. The molecule has 0 aromatic heterocycles. The minimum Gasteiger partial charge on any atom is -0.479 e. The second-order valence-electron chi connectivity index (χ2n) is 18.5. The maximum absolute atomic E-state index is 13.0. The van der Waals surface area contributed by atoms with Gasteiger partial charge < -0.3 is 39.0 Å². The van der Waals surface area contributed by atoms with Gasteiger partial charge in [-0.2, -0.15) is 0 Å². The molecule has 1 saturated heterocycles. The van der Waals surface area contributed by atoms with Gasteiger partial charge in [-0.05, 0) is 89.9 Å². The SMILES string of the molecule is CC/C=C\C/C=C\C/C=C\C/C=C\C/C=C\C/C=C\CCC(=O)OCC(COC1OC(C(=O)O)C(O)C(O)C1OC(=O)CCCCCCC/C=C\C/C=C\C/C=C\CC)OC(=O)CCCCCCCCCCC. The van der Waals surface area contributed by atoms with Crippen LogP contribution in [0.1, 0.15) is 201 Å². The third-order valence-electron chi connectivity index (χ3n) is 11.9. The Bertz CT molecular complexity index is 1690. The Labute approximate surface area is 440 Å². The number of rotatable bonds is 45. The van der Waals surface area contributed by atoms with Crippen molar-refractivity contribution in [3.05, 3.63) is 109 Å². The summed E-state index contributed by atoms with van der Waals surface area (Å²) in [5, 5.41) is 31.4. The summed E-state index contributed by atoms with van der Waals surface area (Å²) in [5.74, 6) is -3.27. The molecule has 0 aromatic carbocycles. The fourth-order valence-corrected chi connectivity index (χ4v) is 7.64. The predicted molar refractivity (Wildman–Crippen MR) is 294 cm³/mol. The second kappa shape index (κ2) is 48.3. The normalized spacial score (nSPS) is 19.2. The number of aliphatic hydroxyl groups excluding tert-OH is 2. The Balaban J connectivity index is 2.73. The smallest absolute Gasteiger partial charge is 0.335 e. The van der Waals surface area contributed by atoms with E-state index in [1.54, 1.807) is 0 Å².